The molecule has 1 aromatic rings. The number of hydrogen-bond acceptors (Lipinski definition) is 3. The average Bonchev–Trinajstić information content (AvgIpc) is 2.36. The molecule has 1 aliphatic heterocycles. The fourth-order valence-corrected chi connectivity index (χ4v) is 3.11. The van der Waals surface area contributed by atoms with Gasteiger partial charge in [-0.3, -0.25) is 0 Å². The first kappa shape index (κ1) is 14.7. The van der Waals surface area contributed by atoms with Gasteiger partial charge in [0.2, 0.25) is 0 Å². The molecule has 0 atom stereocenters. The molecule has 0 spiro atoms. The van der Waals surface area contributed by atoms with Crippen molar-refractivity contribution < 1.29 is 4.39 Å². The van der Waals surface area contributed by atoms with Crippen molar-refractivity contribution in [3.63, 3.8) is 0 Å². The Morgan fingerprint density at radius 3 is 2.58 bits per heavy atom. The third kappa shape index (κ3) is 4.11. The molecule has 1 heterocycles. The van der Waals surface area contributed by atoms with Gasteiger partial charge in [0.25, 0.3) is 0 Å². The molecule has 0 unspecified atom stereocenters. The maximum atomic E-state index is 14.2. The van der Waals surface area contributed by atoms with Crippen LogP contribution in [0.2, 0.25) is 0 Å². The van der Waals surface area contributed by atoms with E-state index in [-0.39, 0.29) is 11.4 Å². The summed E-state index contributed by atoms with van der Waals surface area (Å²) < 4.78 is 14.2. The van der Waals surface area contributed by atoms with Crippen molar-refractivity contribution in [2.45, 2.75) is 32.9 Å². The second-order valence-corrected chi connectivity index (χ2v) is 7.18. The van der Waals surface area contributed by atoms with Gasteiger partial charge >= 0.3 is 0 Å². The Bertz CT molecular complexity index is 423. The zero-order valence-corrected chi connectivity index (χ0v) is 12.8. The van der Waals surface area contributed by atoms with Crippen molar-refractivity contribution in [1.82, 2.24) is 5.32 Å². The number of para-hydroxylation sites is 1. The molecule has 1 fully saturated rings. The van der Waals surface area contributed by atoms with E-state index < -0.39 is 0 Å². The van der Waals surface area contributed by atoms with Crippen LogP contribution in [0.15, 0.2) is 18.2 Å². The highest BCUT2D eigenvalue weighted by Crippen LogP contribution is 2.27. The molecule has 1 N–H and O–H groups in total. The number of hydrogen-bond donors (Lipinski definition) is 1. The molecule has 0 amide bonds. The van der Waals surface area contributed by atoms with Gasteiger partial charge in [0.15, 0.2) is 0 Å². The molecule has 1 aromatic carbocycles. The van der Waals surface area contributed by atoms with E-state index in [2.05, 4.69) is 31.0 Å². The van der Waals surface area contributed by atoms with Crippen LogP contribution in [0.5, 0.6) is 0 Å². The Balaban J connectivity index is 2.20. The number of nitrogens with one attached hydrogen (secondary N) is 1. The van der Waals surface area contributed by atoms with Gasteiger partial charge in [-0.2, -0.15) is 11.8 Å². The Morgan fingerprint density at radius 2 is 1.95 bits per heavy atom. The average molecular weight is 282 g/mol. The predicted octanol–water partition coefficient (Wildman–Crippen LogP) is 3.27. The highest BCUT2D eigenvalue weighted by atomic mass is 32.2. The number of thioether (sulfide) groups is 1. The molecular formula is C15H23FN2S. The summed E-state index contributed by atoms with van der Waals surface area (Å²) in [7, 11) is 0. The Morgan fingerprint density at radius 1 is 1.26 bits per heavy atom. The predicted molar refractivity (Wildman–Crippen MR) is 82.5 cm³/mol. The Kier molecular flexibility index (Phi) is 4.74. The summed E-state index contributed by atoms with van der Waals surface area (Å²) in [5.41, 5.74) is 1.89. The molecule has 0 aromatic heterocycles. The van der Waals surface area contributed by atoms with Gasteiger partial charge in [0, 0.05) is 36.7 Å². The quantitative estimate of drug-likeness (QED) is 0.916. The Labute approximate surface area is 119 Å². The summed E-state index contributed by atoms with van der Waals surface area (Å²) in [6.07, 6.45) is 0. The summed E-state index contributed by atoms with van der Waals surface area (Å²) in [5.74, 6) is 2.07. The molecule has 19 heavy (non-hydrogen) atoms. The van der Waals surface area contributed by atoms with Gasteiger partial charge in [0.1, 0.15) is 5.82 Å². The second-order valence-electron chi connectivity index (χ2n) is 5.95. The number of nitrogens with zero attached hydrogens (tertiary/aromatic N) is 1. The minimum atomic E-state index is -0.0971. The maximum absolute atomic E-state index is 14.2. The van der Waals surface area contributed by atoms with E-state index in [9.17, 15) is 4.39 Å². The lowest BCUT2D eigenvalue weighted by Crippen LogP contribution is -2.37. The van der Waals surface area contributed by atoms with Gasteiger partial charge < -0.3 is 10.2 Å². The van der Waals surface area contributed by atoms with E-state index in [0.29, 0.717) is 6.54 Å². The Hall–Kier alpha value is -0.740. The van der Waals surface area contributed by atoms with Gasteiger partial charge in [-0.1, -0.05) is 12.1 Å². The lowest BCUT2D eigenvalue weighted by Gasteiger charge is -2.31. The van der Waals surface area contributed by atoms with Crippen LogP contribution in [0, 0.1) is 5.82 Å². The summed E-state index contributed by atoms with van der Waals surface area (Å²) in [6, 6.07) is 5.40. The minimum absolute atomic E-state index is 0.0430. The summed E-state index contributed by atoms with van der Waals surface area (Å²) in [6.45, 7) is 8.97. The molecular weight excluding hydrogens is 259 g/mol. The van der Waals surface area contributed by atoms with Crippen LogP contribution >= 0.6 is 11.8 Å². The standard InChI is InChI=1S/C15H23FN2S/c1-15(2,3)17-11-12-5-4-6-13(16)14(12)18-7-9-19-10-8-18/h4-6,17H,7-11H2,1-3H3. The van der Waals surface area contributed by atoms with Crippen molar-refractivity contribution in [2.24, 2.45) is 0 Å². The fraction of sp³-hybridized carbons (Fsp3) is 0.600. The molecule has 1 saturated heterocycles. The molecule has 1 aliphatic rings. The maximum Gasteiger partial charge on any atom is 0.146 e. The first-order valence-corrected chi connectivity index (χ1v) is 7.98. The number of benzene rings is 1. The van der Waals surface area contributed by atoms with E-state index in [4.69, 9.17) is 0 Å². The van der Waals surface area contributed by atoms with Crippen molar-refractivity contribution in [3.8, 4) is 0 Å². The van der Waals surface area contributed by atoms with Crippen LogP contribution in [0.1, 0.15) is 26.3 Å². The lowest BCUT2D eigenvalue weighted by molar-refractivity contribution is 0.423. The van der Waals surface area contributed by atoms with Crippen molar-refractivity contribution in [2.75, 3.05) is 29.5 Å². The highest BCUT2D eigenvalue weighted by molar-refractivity contribution is 7.99. The first-order chi connectivity index (χ1) is 8.97. The molecule has 0 aliphatic carbocycles. The summed E-state index contributed by atoms with van der Waals surface area (Å²) in [4.78, 5) is 2.19. The van der Waals surface area contributed by atoms with Crippen LogP contribution in [0.3, 0.4) is 0 Å². The second kappa shape index (κ2) is 6.14. The molecule has 106 valence electrons. The highest BCUT2D eigenvalue weighted by Gasteiger charge is 2.19. The smallest absolute Gasteiger partial charge is 0.146 e. The van der Waals surface area contributed by atoms with Crippen LogP contribution in [-0.4, -0.2) is 30.1 Å². The number of rotatable bonds is 3. The normalized spacial score (nSPS) is 16.7. The molecule has 0 saturated carbocycles. The van der Waals surface area contributed by atoms with Gasteiger partial charge in [-0.05, 0) is 32.4 Å². The van der Waals surface area contributed by atoms with Crippen molar-refractivity contribution in [3.05, 3.63) is 29.6 Å². The van der Waals surface area contributed by atoms with E-state index in [0.717, 1.165) is 35.8 Å². The van der Waals surface area contributed by atoms with Crippen LogP contribution in [0.25, 0.3) is 0 Å². The number of halogens is 1. The van der Waals surface area contributed by atoms with Gasteiger partial charge in [-0.25, -0.2) is 4.39 Å². The zero-order chi connectivity index (χ0) is 13.9. The number of anilines is 1. The van der Waals surface area contributed by atoms with Crippen LogP contribution in [0.4, 0.5) is 10.1 Å². The zero-order valence-electron chi connectivity index (χ0n) is 12.0. The minimum Gasteiger partial charge on any atom is -0.367 e. The van der Waals surface area contributed by atoms with E-state index in [1.807, 2.05) is 17.8 Å². The molecule has 2 nitrogen and oxygen atoms in total. The molecule has 0 bridgehead atoms. The van der Waals surface area contributed by atoms with Crippen LogP contribution < -0.4 is 10.2 Å². The largest absolute Gasteiger partial charge is 0.367 e. The van der Waals surface area contributed by atoms with E-state index in [1.165, 1.54) is 0 Å². The molecule has 0 radical (unpaired) electrons. The van der Waals surface area contributed by atoms with Crippen LogP contribution in [-0.2, 0) is 6.54 Å². The summed E-state index contributed by atoms with van der Waals surface area (Å²) in [5, 5.41) is 3.45. The van der Waals surface area contributed by atoms with E-state index in [1.54, 1.807) is 12.1 Å². The monoisotopic (exact) mass is 282 g/mol. The summed E-state index contributed by atoms with van der Waals surface area (Å²) >= 11 is 1.94. The SMILES string of the molecule is CC(C)(C)NCc1cccc(F)c1N1CCSCC1. The van der Waals surface area contributed by atoms with Crippen molar-refractivity contribution >= 4 is 17.4 Å². The van der Waals surface area contributed by atoms with Gasteiger partial charge in [-0.15, -0.1) is 0 Å². The third-order valence-electron chi connectivity index (χ3n) is 3.21. The molecule has 2 rings (SSSR count). The van der Waals surface area contributed by atoms with Gasteiger partial charge in [0.05, 0.1) is 5.69 Å². The fourth-order valence-electron chi connectivity index (χ4n) is 2.20. The third-order valence-corrected chi connectivity index (χ3v) is 4.15. The van der Waals surface area contributed by atoms with E-state index >= 15 is 0 Å². The van der Waals surface area contributed by atoms with Crippen molar-refractivity contribution in [1.29, 1.82) is 0 Å². The lowest BCUT2D eigenvalue weighted by atomic mass is 10.1. The molecule has 4 heteroatoms. The first-order valence-electron chi connectivity index (χ1n) is 6.82. The topological polar surface area (TPSA) is 15.3 Å².